The third-order valence-corrected chi connectivity index (χ3v) is 14.1. The van der Waals surface area contributed by atoms with Gasteiger partial charge in [-0.15, -0.1) is 0 Å². The lowest BCUT2D eigenvalue weighted by Gasteiger charge is -2.25. The number of benzene rings is 10. The molecule has 67 heavy (non-hydrogen) atoms. The zero-order valence-corrected chi connectivity index (χ0v) is 36.4. The summed E-state index contributed by atoms with van der Waals surface area (Å²) in [5.41, 5.74) is 15.0. The van der Waals surface area contributed by atoms with Crippen LogP contribution in [0.25, 0.3) is 87.7 Å². The Hall–Kier alpha value is -8.54. The molecule has 0 saturated heterocycles. The molecule has 12 aromatic rings. The molecule has 316 valence electrons. The predicted octanol–water partition coefficient (Wildman–Crippen LogP) is 15.7. The van der Waals surface area contributed by atoms with Gasteiger partial charge in [0.05, 0.1) is 0 Å². The molecule has 10 aromatic carbocycles. The number of aryl methyl sites for hydroxylation is 1. The van der Waals surface area contributed by atoms with Gasteiger partial charge in [0.2, 0.25) is 0 Å². The zero-order chi connectivity index (χ0) is 44.0. The summed E-state index contributed by atoms with van der Waals surface area (Å²) in [5.74, 6) is 1.56. The maximum atomic E-state index is 7.01. The van der Waals surface area contributed by atoms with E-state index in [9.17, 15) is 0 Å². The molecule has 3 heterocycles. The summed E-state index contributed by atoms with van der Waals surface area (Å²) in [6.45, 7) is 0. The zero-order valence-electron chi connectivity index (χ0n) is 36.4. The summed E-state index contributed by atoms with van der Waals surface area (Å²) in [6.07, 6.45) is 1.33. The summed E-state index contributed by atoms with van der Waals surface area (Å²) < 4.78 is 13.5. The van der Waals surface area contributed by atoms with Crippen molar-refractivity contribution in [2.45, 2.75) is 24.9 Å². The summed E-state index contributed by atoms with van der Waals surface area (Å²) in [4.78, 5) is 11.1. The van der Waals surface area contributed by atoms with Crippen LogP contribution in [0.15, 0.2) is 225 Å². The molecule has 0 bridgehead atoms. The first-order valence-electron chi connectivity index (χ1n) is 23.2. The Kier molecular flexibility index (Phi) is 8.47. The molecular weight excluding hydrogens is 819 g/mol. The fourth-order valence-electron chi connectivity index (χ4n) is 10.9. The van der Waals surface area contributed by atoms with Crippen molar-refractivity contribution in [3.63, 3.8) is 0 Å². The molecule has 14 rings (SSSR count). The van der Waals surface area contributed by atoms with E-state index in [0.717, 1.165) is 107 Å². The van der Waals surface area contributed by atoms with Crippen LogP contribution in [0.3, 0.4) is 0 Å². The minimum Gasteiger partial charge on any atom is -0.456 e. The van der Waals surface area contributed by atoms with Gasteiger partial charge in [0, 0.05) is 38.6 Å². The lowest BCUT2D eigenvalue weighted by molar-refractivity contribution is 0.665. The standard InChI is InChI=1S/C62H41N3O2/c1-2-14-37(15-3-1)38-20-12-21-44(31-38)60-63-61(50-25-13-27-55-58(50)49-24-10-11-26-54(49)66-55)65-62(64-60)53-34-45(36-57-59(53)52-33-41-18-6-7-19-42(41)35-56(52)67-57)46-29-28-43-30-39-16-4-5-17-40(39)32-51(43)48-23-9-8-22-47(46)48/h1-27,30-36,46,60H,28-29H2,(H,63,64,65)/t46-,60?/m0/s1. The number of aliphatic imine (C=N–C) groups is 2. The van der Waals surface area contributed by atoms with Gasteiger partial charge >= 0.3 is 0 Å². The Labute approximate surface area is 386 Å². The number of furan rings is 2. The maximum Gasteiger partial charge on any atom is 0.169 e. The lowest BCUT2D eigenvalue weighted by atomic mass is 9.84. The Morgan fingerprint density at radius 1 is 0.403 bits per heavy atom. The molecule has 2 aromatic heterocycles. The van der Waals surface area contributed by atoms with Gasteiger partial charge in [0.1, 0.15) is 34.0 Å². The SMILES string of the molecule is c1ccc(-c2cccc(C3N=C(c4cccc5oc6ccccc6c45)NC(c4cc([C@@H]5CCc6cc7ccccc7cc6-c6ccccc65)cc5oc6cc7ccccc7cc6c45)=N3)c2)cc1. The van der Waals surface area contributed by atoms with Gasteiger partial charge in [-0.2, -0.15) is 0 Å². The second kappa shape index (κ2) is 15.0. The predicted molar refractivity (Wildman–Crippen MR) is 275 cm³/mol. The summed E-state index contributed by atoms with van der Waals surface area (Å²) in [7, 11) is 0. The Bertz CT molecular complexity index is 4040. The average molecular weight is 860 g/mol. The molecule has 1 N–H and O–H groups in total. The van der Waals surface area contributed by atoms with E-state index in [1.54, 1.807) is 0 Å². The number of hydrogen-bond acceptors (Lipinski definition) is 5. The molecule has 0 radical (unpaired) electrons. The number of nitrogens with one attached hydrogen (secondary N) is 1. The molecule has 1 aliphatic carbocycles. The third-order valence-electron chi connectivity index (χ3n) is 14.1. The fraction of sp³-hybridized carbons (Fsp3) is 0.0645. The van der Waals surface area contributed by atoms with E-state index in [0.29, 0.717) is 0 Å². The minimum atomic E-state index is -0.553. The lowest BCUT2D eigenvalue weighted by Crippen LogP contribution is -2.36. The van der Waals surface area contributed by atoms with Crippen molar-refractivity contribution in [3.05, 3.63) is 240 Å². The van der Waals surface area contributed by atoms with Crippen molar-refractivity contribution in [1.82, 2.24) is 5.32 Å². The van der Waals surface area contributed by atoms with Crippen LogP contribution >= 0.6 is 0 Å². The first-order valence-corrected chi connectivity index (χ1v) is 23.2. The van der Waals surface area contributed by atoms with Crippen LogP contribution < -0.4 is 5.32 Å². The van der Waals surface area contributed by atoms with Crippen LogP contribution in [0.5, 0.6) is 0 Å². The molecule has 5 nitrogen and oxygen atoms in total. The third kappa shape index (κ3) is 6.23. The van der Waals surface area contributed by atoms with E-state index in [2.05, 4.69) is 193 Å². The first-order chi connectivity index (χ1) is 33.2. The molecule has 0 spiro atoms. The summed E-state index contributed by atoms with van der Waals surface area (Å²) >= 11 is 0. The van der Waals surface area contributed by atoms with Gasteiger partial charge < -0.3 is 14.2 Å². The fourth-order valence-corrected chi connectivity index (χ4v) is 10.9. The second-order valence-electron chi connectivity index (χ2n) is 18.0. The summed E-state index contributed by atoms with van der Waals surface area (Å²) in [5, 5.41) is 12.8. The van der Waals surface area contributed by atoms with Gasteiger partial charge in [-0.1, -0.05) is 158 Å². The van der Waals surface area contributed by atoms with Crippen molar-refractivity contribution < 1.29 is 8.83 Å². The molecule has 1 aliphatic heterocycles. The van der Waals surface area contributed by atoms with Crippen molar-refractivity contribution in [2.24, 2.45) is 9.98 Å². The first kappa shape index (κ1) is 37.8. The highest BCUT2D eigenvalue weighted by Crippen LogP contribution is 2.45. The van der Waals surface area contributed by atoms with Gasteiger partial charge in [0.25, 0.3) is 0 Å². The monoisotopic (exact) mass is 859 g/mol. The molecule has 2 aliphatic rings. The van der Waals surface area contributed by atoms with Crippen LogP contribution in [-0.2, 0) is 6.42 Å². The molecule has 0 saturated carbocycles. The van der Waals surface area contributed by atoms with Crippen molar-refractivity contribution in [3.8, 4) is 22.3 Å². The van der Waals surface area contributed by atoms with Crippen LogP contribution in [0, 0.1) is 0 Å². The van der Waals surface area contributed by atoms with Gasteiger partial charge in [-0.3, -0.25) is 0 Å². The van der Waals surface area contributed by atoms with Gasteiger partial charge in [0.15, 0.2) is 6.17 Å². The molecule has 0 amide bonds. The maximum absolute atomic E-state index is 7.01. The average Bonchev–Trinajstić information content (AvgIpc) is 3.90. The van der Waals surface area contributed by atoms with E-state index >= 15 is 0 Å². The molecule has 5 heteroatoms. The normalized spacial score (nSPS) is 15.9. The van der Waals surface area contributed by atoms with Crippen LogP contribution in [0.2, 0.25) is 0 Å². The van der Waals surface area contributed by atoms with E-state index < -0.39 is 6.17 Å². The second-order valence-corrected chi connectivity index (χ2v) is 18.0. The molecule has 1 unspecified atom stereocenters. The Morgan fingerprint density at radius 2 is 1.04 bits per heavy atom. The van der Waals surface area contributed by atoms with E-state index in [4.69, 9.17) is 18.8 Å². The van der Waals surface area contributed by atoms with Crippen molar-refractivity contribution >= 4 is 77.1 Å². The van der Waals surface area contributed by atoms with E-state index in [1.165, 1.54) is 38.6 Å². The topological polar surface area (TPSA) is 63.0 Å². The Balaban J connectivity index is 1.01. The molecular formula is C62H41N3O2. The number of nitrogens with zero attached hydrogens (tertiary/aromatic N) is 2. The highest BCUT2D eigenvalue weighted by molar-refractivity contribution is 6.27. The number of amidine groups is 2. The number of rotatable bonds is 5. The van der Waals surface area contributed by atoms with Crippen molar-refractivity contribution in [2.75, 3.05) is 0 Å². The number of para-hydroxylation sites is 1. The highest BCUT2D eigenvalue weighted by Gasteiger charge is 2.30. The van der Waals surface area contributed by atoms with Gasteiger partial charge in [-0.05, 0) is 127 Å². The van der Waals surface area contributed by atoms with E-state index in [-0.39, 0.29) is 5.92 Å². The number of fused-ring (bicyclic) bond motifs is 11. The summed E-state index contributed by atoms with van der Waals surface area (Å²) in [6, 6.07) is 73.8. The van der Waals surface area contributed by atoms with Crippen LogP contribution in [0.4, 0.5) is 0 Å². The minimum absolute atomic E-state index is 0.0869. The molecule has 0 fully saturated rings. The number of hydrogen-bond donors (Lipinski definition) is 1. The van der Waals surface area contributed by atoms with Crippen LogP contribution in [-0.4, -0.2) is 11.7 Å². The van der Waals surface area contributed by atoms with Crippen LogP contribution in [0.1, 0.15) is 51.9 Å². The quantitative estimate of drug-likeness (QED) is 0.187. The van der Waals surface area contributed by atoms with Gasteiger partial charge in [-0.25, -0.2) is 9.98 Å². The van der Waals surface area contributed by atoms with E-state index in [1.807, 2.05) is 18.2 Å². The van der Waals surface area contributed by atoms with Crippen molar-refractivity contribution in [1.29, 1.82) is 0 Å². The largest absolute Gasteiger partial charge is 0.456 e. The molecule has 2 atom stereocenters. The Morgan fingerprint density at radius 3 is 1.91 bits per heavy atom. The smallest absolute Gasteiger partial charge is 0.169 e. The highest BCUT2D eigenvalue weighted by atomic mass is 16.3.